The molecule has 4 rings (SSSR count). The minimum absolute atomic E-state index is 0.102. The summed E-state index contributed by atoms with van der Waals surface area (Å²) in [5.74, 6) is -1.00. The SMILES string of the molecule is CC(C)C[C@H]1c2[nH]c3ccc(Cl)cc3c2CCN1c1nnc(C(F)(F)F)o1. The highest BCUT2D eigenvalue weighted by atomic mass is 35.5. The van der Waals surface area contributed by atoms with Crippen LogP contribution in [0.15, 0.2) is 22.6 Å². The molecule has 0 amide bonds. The van der Waals surface area contributed by atoms with Crippen molar-refractivity contribution in [3.63, 3.8) is 0 Å². The minimum Gasteiger partial charge on any atom is -0.399 e. The lowest BCUT2D eigenvalue weighted by molar-refractivity contribution is -0.157. The Morgan fingerprint density at radius 1 is 1.33 bits per heavy atom. The quantitative estimate of drug-likeness (QED) is 0.644. The van der Waals surface area contributed by atoms with Crippen LogP contribution in [-0.2, 0) is 12.6 Å². The van der Waals surface area contributed by atoms with Crippen LogP contribution in [0.4, 0.5) is 19.2 Å². The Morgan fingerprint density at radius 2 is 2.11 bits per heavy atom. The van der Waals surface area contributed by atoms with Gasteiger partial charge in [-0.1, -0.05) is 30.5 Å². The summed E-state index contributed by atoms with van der Waals surface area (Å²) in [6.45, 7) is 4.63. The zero-order chi connectivity index (χ0) is 19.3. The van der Waals surface area contributed by atoms with Crippen molar-refractivity contribution in [1.82, 2.24) is 15.2 Å². The summed E-state index contributed by atoms with van der Waals surface area (Å²) >= 11 is 6.14. The van der Waals surface area contributed by atoms with Gasteiger partial charge in [0, 0.05) is 28.2 Å². The smallest absolute Gasteiger partial charge is 0.399 e. The maximum absolute atomic E-state index is 12.9. The van der Waals surface area contributed by atoms with Gasteiger partial charge in [0.2, 0.25) is 0 Å². The van der Waals surface area contributed by atoms with E-state index in [1.165, 1.54) is 0 Å². The van der Waals surface area contributed by atoms with Gasteiger partial charge in [-0.2, -0.15) is 13.2 Å². The van der Waals surface area contributed by atoms with Crippen molar-refractivity contribution in [2.75, 3.05) is 11.4 Å². The molecule has 9 heteroatoms. The summed E-state index contributed by atoms with van der Waals surface area (Å²) in [5, 5.41) is 8.53. The predicted octanol–water partition coefficient (Wildman–Crippen LogP) is 5.37. The van der Waals surface area contributed by atoms with E-state index in [4.69, 9.17) is 16.0 Å². The van der Waals surface area contributed by atoms with E-state index >= 15 is 0 Å². The number of aromatic nitrogens is 3. The molecule has 1 aromatic carbocycles. The molecular weight excluding hydrogens is 381 g/mol. The van der Waals surface area contributed by atoms with Crippen LogP contribution in [0.1, 0.15) is 43.5 Å². The van der Waals surface area contributed by atoms with Crippen molar-refractivity contribution in [2.24, 2.45) is 5.92 Å². The third kappa shape index (κ3) is 3.26. The number of halogens is 4. The molecule has 2 aromatic heterocycles. The van der Waals surface area contributed by atoms with Crippen molar-refractivity contribution in [3.8, 4) is 0 Å². The lowest BCUT2D eigenvalue weighted by atomic mass is 9.92. The van der Waals surface area contributed by atoms with E-state index in [1.54, 1.807) is 4.90 Å². The summed E-state index contributed by atoms with van der Waals surface area (Å²) < 4.78 is 43.5. The van der Waals surface area contributed by atoms with Crippen LogP contribution >= 0.6 is 11.6 Å². The number of H-pyrrole nitrogens is 1. The van der Waals surface area contributed by atoms with Crippen LogP contribution in [-0.4, -0.2) is 21.7 Å². The van der Waals surface area contributed by atoms with Gasteiger partial charge in [0.1, 0.15) is 0 Å². The summed E-state index contributed by atoms with van der Waals surface area (Å²) in [6, 6.07) is 5.37. The maximum Gasteiger partial charge on any atom is 0.470 e. The van der Waals surface area contributed by atoms with Crippen LogP contribution in [0.2, 0.25) is 5.02 Å². The Kier molecular flexibility index (Phi) is 4.33. The fourth-order valence-electron chi connectivity index (χ4n) is 3.71. The van der Waals surface area contributed by atoms with Gasteiger partial charge in [-0.05, 0) is 42.5 Å². The molecule has 0 unspecified atom stereocenters. The first-order valence-electron chi connectivity index (χ1n) is 8.71. The molecule has 5 nitrogen and oxygen atoms in total. The number of aromatic amines is 1. The molecular formula is C18H18ClF3N4O. The molecule has 1 atom stereocenters. The zero-order valence-corrected chi connectivity index (χ0v) is 15.5. The predicted molar refractivity (Wildman–Crippen MR) is 95.9 cm³/mol. The largest absolute Gasteiger partial charge is 0.470 e. The van der Waals surface area contributed by atoms with Crippen LogP contribution in [0.5, 0.6) is 0 Å². The summed E-state index contributed by atoms with van der Waals surface area (Å²) in [4.78, 5) is 5.19. The number of alkyl halides is 3. The Hall–Kier alpha value is -2.22. The second kappa shape index (κ2) is 6.44. The average molecular weight is 399 g/mol. The van der Waals surface area contributed by atoms with Gasteiger partial charge in [-0.3, -0.25) is 0 Å². The van der Waals surface area contributed by atoms with Crippen LogP contribution in [0.3, 0.4) is 0 Å². The van der Waals surface area contributed by atoms with Crippen molar-refractivity contribution in [3.05, 3.63) is 40.4 Å². The molecule has 27 heavy (non-hydrogen) atoms. The fraction of sp³-hybridized carbons (Fsp3) is 0.444. The molecule has 1 N–H and O–H groups in total. The third-order valence-electron chi connectivity index (χ3n) is 4.81. The standard InChI is InChI=1S/C18H18ClF3N4O/c1-9(2)7-14-15-11(12-8-10(19)3-4-13(12)23-15)5-6-26(14)17-25-24-16(27-17)18(20,21)22/h3-4,8-9,14,23H,5-7H2,1-2H3/t14-/m0/s1. The Labute approximate surface area is 158 Å². The van der Waals surface area contributed by atoms with E-state index < -0.39 is 12.1 Å². The maximum atomic E-state index is 12.9. The number of hydrogen-bond acceptors (Lipinski definition) is 4. The first kappa shape index (κ1) is 18.2. The minimum atomic E-state index is -4.66. The highest BCUT2D eigenvalue weighted by molar-refractivity contribution is 6.31. The van der Waals surface area contributed by atoms with E-state index in [0.717, 1.165) is 28.6 Å². The Balaban J connectivity index is 1.78. The Bertz CT molecular complexity index is 979. The second-order valence-electron chi connectivity index (χ2n) is 7.18. The molecule has 1 aliphatic rings. The summed E-state index contributed by atoms with van der Waals surface area (Å²) in [7, 11) is 0. The highest BCUT2D eigenvalue weighted by Gasteiger charge is 2.40. The van der Waals surface area contributed by atoms with Crippen molar-refractivity contribution in [2.45, 2.75) is 38.9 Å². The number of nitrogens with one attached hydrogen (secondary N) is 1. The monoisotopic (exact) mass is 398 g/mol. The molecule has 144 valence electrons. The number of hydrogen-bond donors (Lipinski definition) is 1. The van der Waals surface area contributed by atoms with Crippen molar-refractivity contribution in [1.29, 1.82) is 0 Å². The second-order valence-corrected chi connectivity index (χ2v) is 7.62. The first-order valence-corrected chi connectivity index (χ1v) is 9.09. The molecule has 3 aromatic rings. The summed E-state index contributed by atoms with van der Waals surface area (Å²) in [6.07, 6.45) is -3.27. The molecule has 3 heterocycles. The van der Waals surface area contributed by atoms with Gasteiger partial charge < -0.3 is 14.3 Å². The van der Waals surface area contributed by atoms with Crippen molar-refractivity contribution >= 4 is 28.5 Å². The van der Waals surface area contributed by atoms with Gasteiger partial charge in [0.25, 0.3) is 0 Å². The van der Waals surface area contributed by atoms with E-state index in [0.29, 0.717) is 23.9 Å². The molecule has 0 saturated carbocycles. The van der Waals surface area contributed by atoms with Gasteiger partial charge in [0.15, 0.2) is 0 Å². The molecule has 0 bridgehead atoms. The number of benzene rings is 1. The van der Waals surface area contributed by atoms with Gasteiger partial charge in [-0.15, -0.1) is 5.10 Å². The van der Waals surface area contributed by atoms with Crippen LogP contribution in [0, 0.1) is 5.92 Å². The number of anilines is 1. The molecule has 0 spiro atoms. The Morgan fingerprint density at radius 3 is 2.78 bits per heavy atom. The van der Waals surface area contributed by atoms with Crippen molar-refractivity contribution < 1.29 is 17.6 Å². The van der Waals surface area contributed by atoms with Gasteiger partial charge >= 0.3 is 18.1 Å². The molecule has 0 saturated heterocycles. The lowest BCUT2D eigenvalue weighted by Gasteiger charge is -2.35. The number of nitrogens with zero attached hydrogens (tertiary/aromatic N) is 3. The molecule has 0 radical (unpaired) electrons. The lowest BCUT2D eigenvalue weighted by Crippen LogP contribution is -2.36. The molecule has 0 aliphatic carbocycles. The first-order chi connectivity index (χ1) is 12.7. The van der Waals surface area contributed by atoms with E-state index in [2.05, 4.69) is 29.0 Å². The highest BCUT2D eigenvalue weighted by Crippen LogP contribution is 2.41. The topological polar surface area (TPSA) is 58.0 Å². The average Bonchev–Trinajstić information content (AvgIpc) is 3.19. The van der Waals surface area contributed by atoms with Crippen LogP contribution in [0.25, 0.3) is 10.9 Å². The van der Waals surface area contributed by atoms with E-state index in [-0.39, 0.29) is 12.1 Å². The third-order valence-corrected chi connectivity index (χ3v) is 5.05. The van der Waals surface area contributed by atoms with Gasteiger partial charge in [-0.25, -0.2) is 0 Å². The normalized spacial score (nSPS) is 17.7. The molecule has 0 fully saturated rings. The van der Waals surface area contributed by atoms with Crippen LogP contribution < -0.4 is 4.90 Å². The van der Waals surface area contributed by atoms with E-state index in [9.17, 15) is 13.2 Å². The number of rotatable bonds is 3. The number of fused-ring (bicyclic) bond motifs is 3. The van der Waals surface area contributed by atoms with E-state index in [1.807, 2.05) is 18.2 Å². The molecule has 1 aliphatic heterocycles. The zero-order valence-electron chi connectivity index (χ0n) is 14.8. The van der Waals surface area contributed by atoms with Gasteiger partial charge in [0.05, 0.1) is 6.04 Å². The summed E-state index contributed by atoms with van der Waals surface area (Å²) in [5.41, 5.74) is 3.07. The fourth-order valence-corrected chi connectivity index (χ4v) is 3.88.